The van der Waals surface area contributed by atoms with Crippen molar-refractivity contribution in [3.8, 4) is 0 Å². The van der Waals surface area contributed by atoms with Gasteiger partial charge in [0.1, 0.15) is 0 Å². The summed E-state index contributed by atoms with van der Waals surface area (Å²) in [6.07, 6.45) is 3.73. The third kappa shape index (κ3) is 4.04. The topological polar surface area (TPSA) is 15.3 Å². The fourth-order valence-electron chi connectivity index (χ4n) is 2.89. The molecule has 0 aliphatic carbocycles. The van der Waals surface area contributed by atoms with Crippen molar-refractivity contribution >= 4 is 11.3 Å². The molecule has 0 saturated carbocycles. The van der Waals surface area contributed by atoms with Gasteiger partial charge in [-0.2, -0.15) is 0 Å². The van der Waals surface area contributed by atoms with Crippen LogP contribution in [0.1, 0.15) is 57.9 Å². The maximum atomic E-state index is 3.86. The molecule has 1 atom stereocenters. The number of nitrogens with zero attached hydrogens (tertiary/aromatic N) is 1. The van der Waals surface area contributed by atoms with Crippen LogP contribution >= 0.6 is 11.3 Å². The highest BCUT2D eigenvalue weighted by molar-refractivity contribution is 7.10. The van der Waals surface area contributed by atoms with Crippen LogP contribution in [-0.4, -0.2) is 29.6 Å². The first kappa shape index (κ1) is 15.0. The van der Waals surface area contributed by atoms with Crippen LogP contribution < -0.4 is 5.32 Å². The van der Waals surface area contributed by atoms with Crippen LogP contribution in [0.5, 0.6) is 0 Å². The Morgan fingerprint density at radius 2 is 2.05 bits per heavy atom. The van der Waals surface area contributed by atoms with Crippen molar-refractivity contribution < 1.29 is 0 Å². The van der Waals surface area contributed by atoms with E-state index < -0.39 is 0 Å². The Bertz CT molecular complexity index is 359. The number of thiophene rings is 1. The van der Waals surface area contributed by atoms with E-state index in [-0.39, 0.29) is 0 Å². The van der Waals surface area contributed by atoms with Crippen LogP contribution in [0.25, 0.3) is 0 Å². The molecule has 2 nitrogen and oxygen atoms in total. The van der Waals surface area contributed by atoms with E-state index in [0.29, 0.717) is 17.6 Å². The molecule has 1 unspecified atom stereocenters. The molecule has 1 aliphatic heterocycles. The first-order chi connectivity index (χ1) is 9.00. The van der Waals surface area contributed by atoms with Crippen LogP contribution in [0.15, 0.2) is 17.5 Å². The molecular weight excluding hydrogens is 252 g/mol. The Labute approximate surface area is 122 Å². The van der Waals surface area contributed by atoms with E-state index in [2.05, 4.69) is 55.4 Å². The van der Waals surface area contributed by atoms with Crippen LogP contribution in [-0.2, 0) is 0 Å². The molecule has 1 aliphatic rings. The van der Waals surface area contributed by atoms with E-state index in [9.17, 15) is 0 Å². The molecule has 0 aromatic carbocycles. The maximum Gasteiger partial charge on any atom is 0.0414 e. The molecule has 19 heavy (non-hydrogen) atoms. The molecule has 0 amide bonds. The number of hydrogen-bond donors (Lipinski definition) is 1. The van der Waals surface area contributed by atoms with Gasteiger partial charge in [-0.1, -0.05) is 13.0 Å². The van der Waals surface area contributed by atoms with E-state index in [1.165, 1.54) is 37.2 Å². The largest absolute Gasteiger partial charge is 0.306 e. The second-order valence-corrected chi connectivity index (χ2v) is 7.55. The molecule has 1 aromatic rings. The van der Waals surface area contributed by atoms with Crippen molar-refractivity contribution in [3.63, 3.8) is 0 Å². The second-order valence-electron chi connectivity index (χ2n) is 6.58. The van der Waals surface area contributed by atoms with Crippen molar-refractivity contribution in [1.29, 1.82) is 0 Å². The Morgan fingerprint density at radius 3 is 2.53 bits per heavy atom. The minimum Gasteiger partial charge on any atom is -0.306 e. The van der Waals surface area contributed by atoms with Gasteiger partial charge in [-0.25, -0.2) is 0 Å². The van der Waals surface area contributed by atoms with Gasteiger partial charge in [0.2, 0.25) is 0 Å². The Morgan fingerprint density at radius 1 is 1.37 bits per heavy atom. The monoisotopic (exact) mass is 280 g/mol. The van der Waals surface area contributed by atoms with Crippen LogP contribution in [0, 0.1) is 0 Å². The summed E-state index contributed by atoms with van der Waals surface area (Å²) in [7, 11) is 0. The zero-order valence-electron chi connectivity index (χ0n) is 12.8. The van der Waals surface area contributed by atoms with E-state index >= 15 is 0 Å². The molecule has 0 spiro atoms. The minimum atomic E-state index is 0.322. The highest BCUT2D eigenvalue weighted by atomic mass is 32.1. The van der Waals surface area contributed by atoms with Crippen molar-refractivity contribution in [3.05, 3.63) is 22.4 Å². The standard InChI is InChI=1S/C16H28N2S/c1-5-14(15-7-6-12-19-15)17-13-8-10-18(11-9-13)16(2,3)4/h6-7,12-14,17H,5,8-11H2,1-4H3. The zero-order valence-corrected chi connectivity index (χ0v) is 13.6. The van der Waals surface area contributed by atoms with Crippen molar-refractivity contribution in [1.82, 2.24) is 10.2 Å². The Kier molecular flexibility index (Phi) is 5.04. The average molecular weight is 280 g/mol. The molecule has 0 bridgehead atoms. The normalized spacial score (nSPS) is 20.6. The second kappa shape index (κ2) is 6.38. The van der Waals surface area contributed by atoms with E-state index in [0.717, 1.165) is 0 Å². The maximum absolute atomic E-state index is 3.86. The first-order valence-corrected chi connectivity index (χ1v) is 8.43. The molecule has 108 valence electrons. The zero-order chi connectivity index (χ0) is 13.9. The Hall–Kier alpha value is -0.380. The summed E-state index contributed by atoms with van der Waals surface area (Å²) in [6, 6.07) is 5.65. The molecular formula is C16H28N2S. The number of nitrogens with one attached hydrogen (secondary N) is 1. The number of rotatable bonds is 4. The summed E-state index contributed by atoms with van der Waals surface area (Å²) in [5.74, 6) is 0. The van der Waals surface area contributed by atoms with Gasteiger partial charge in [0.05, 0.1) is 0 Å². The van der Waals surface area contributed by atoms with Crippen LogP contribution in [0.3, 0.4) is 0 Å². The molecule has 2 rings (SSSR count). The van der Waals surface area contributed by atoms with Gasteiger partial charge >= 0.3 is 0 Å². The number of piperidine rings is 1. The van der Waals surface area contributed by atoms with Gasteiger partial charge in [0.15, 0.2) is 0 Å². The summed E-state index contributed by atoms with van der Waals surface area (Å²) in [4.78, 5) is 4.10. The van der Waals surface area contributed by atoms with Crippen molar-refractivity contribution in [2.45, 2.75) is 64.6 Å². The lowest BCUT2D eigenvalue weighted by atomic mass is 9.97. The molecule has 1 aromatic heterocycles. The molecule has 2 heterocycles. The van der Waals surface area contributed by atoms with Gasteiger partial charge in [0.25, 0.3) is 0 Å². The van der Waals surface area contributed by atoms with E-state index in [4.69, 9.17) is 0 Å². The number of likely N-dealkylation sites (tertiary alicyclic amines) is 1. The highest BCUT2D eigenvalue weighted by Crippen LogP contribution is 2.25. The summed E-state index contributed by atoms with van der Waals surface area (Å²) in [6.45, 7) is 11.7. The summed E-state index contributed by atoms with van der Waals surface area (Å²) >= 11 is 1.88. The fourth-order valence-corrected chi connectivity index (χ4v) is 3.76. The van der Waals surface area contributed by atoms with Crippen LogP contribution in [0.4, 0.5) is 0 Å². The third-order valence-electron chi connectivity index (χ3n) is 4.18. The van der Waals surface area contributed by atoms with Crippen molar-refractivity contribution in [2.24, 2.45) is 0 Å². The molecule has 3 heteroatoms. The van der Waals surface area contributed by atoms with Gasteiger partial charge in [-0.3, -0.25) is 4.90 Å². The molecule has 1 saturated heterocycles. The van der Waals surface area contributed by atoms with Gasteiger partial charge in [-0.05, 0) is 51.5 Å². The fraction of sp³-hybridized carbons (Fsp3) is 0.750. The van der Waals surface area contributed by atoms with Gasteiger partial charge < -0.3 is 5.32 Å². The van der Waals surface area contributed by atoms with E-state index in [1.54, 1.807) is 0 Å². The lowest BCUT2D eigenvalue weighted by Gasteiger charge is -2.41. The molecule has 1 fully saturated rings. The molecule has 1 N–H and O–H groups in total. The smallest absolute Gasteiger partial charge is 0.0414 e. The summed E-state index contributed by atoms with van der Waals surface area (Å²) in [5, 5.41) is 6.05. The molecule has 0 radical (unpaired) electrons. The predicted octanol–water partition coefficient (Wildman–Crippen LogP) is 4.05. The number of hydrogen-bond acceptors (Lipinski definition) is 3. The summed E-state index contributed by atoms with van der Waals surface area (Å²) in [5.41, 5.74) is 0.322. The van der Waals surface area contributed by atoms with Gasteiger partial charge in [-0.15, -0.1) is 11.3 Å². The van der Waals surface area contributed by atoms with Crippen LogP contribution in [0.2, 0.25) is 0 Å². The Balaban J connectivity index is 1.85. The van der Waals surface area contributed by atoms with E-state index in [1.807, 2.05) is 11.3 Å². The first-order valence-electron chi connectivity index (χ1n) is 7.55. The lowest BCUT2D eigenvalue weighted by Crippen LogP contribution is -2.50. The summed E-state index contributed by atoms with van der Waals surface area (Å²) < 4.78 is 0. The van der Waals surface area contributed by atoms with Crippen molar-refractivity contribution in [2.75, 3.05) is 13.1 Å². The average Bonchev–Trinajstić information content (AvgIpc) is 2.89. The minimum absolute atomic E-state index is 0.322. The lowest BCUT2D eigenvalue weighted by molar-refractivity contribution is 0.0936. The predicted molar refractivity (Wildman–Crippen MR) is 84.8 cm³/mol. The third-order valence-corrected chi connectivity index (χ3v) is 5.16. The SMILES string of the molecule is CCC(NC1CCN(C(C)(C)C)CC1)c1cccs1. The quantitative estimate of drug-likeness (QED) is 0.895. The van der Waals surface area contributed by atoms with Gasteiger partial charge in [0, 0.05) is 35.6 Å². The highest BCUT2D eigenvalue weighted by Gasteiger charge is 2.27.